The monoisotopic (exact) mass is 292 g/mol. The van der Waals surface area contributed by atoms with Crippen molar-refractivity contribution in [3.05, 3.63) is 29.3 Å². The van der Waals surface area contributed by atoms with Crippen LogP contribution in [-0.2, 0) is 11.3 Å². The van der Waals surface area contributed by atoms with Crippen molar-refractivity contribution in [3.63, 3.8) is 0 Å². The molecule has 0 spiro atoms. The van der Waals surface area contributed by atoms with Crippen LogP contribution in [0, 0.1) is 6.92 Å². The van der Waals surface area contributed by atoms with Gasteiger partial charge < -0.3 is 20.1 Å². The first-order valence-corrected chi connectivity index (χ1v) is 7.83. The molecule has 1 aliphatic rings. The molecule has 0 amide bonds. The number of nitrogens with one attached hydrogen (secondary N) is 1. The van der Waals surface area contributed by atoms with E-state index in [1.165, 1.54) is 16.8 Å². The maximum Gasteiger partial charge on any atom is 0.0984 e. The van der Waals surface area contributed by atoms with Crippen LogP contribution in [0.15, 0.2) is 18.2 Å². The van der Waals surface area contributed by atoms with E-state index in [1.807, 2.05) is 0 Å². The van der Waals surface area contributed by atoms with Gasteiger partial charge in [-0.3, -0.25) is 0 Å². The number of aryl methyl sites for hydroxylation is 1. The number of rotatable bonds is 5. The minimum atomic E-state index is -0.0876. The van der Waals surface area contributed by atoms with Gasteiger partial charge in [0.05, 0.1) is 18.8 Å². The highest BCUT2D eigenvalue weighted by atomic mass is 16.5. The summed E-state index contributed by atoms with van der Waals surface area (Å²) in [4.78, 5) is 2.32. The van der Waals surface area contributed by atoms with Gasteiger partial charge in [0.25, 0.3) is 0 Å². The maximum atomic E-state index is 9.35. The van der Waals surface area contributed by atoms with Gasteiger partial charge in [0.15, 0.2) is 0 Å². The zero-order chi connectivity index (χ0) is 15.4. The number of benzene rings is 1. The van der Waals surface area contributed by atoms with Crippen LogP contribution >= 0.6 is 0 Å². The second kappa shape index (κ2) is 7.25. The summed E-state index contributed by atoms with van der Waals surface area (Å²) >= 11 is 0. The molecule has 0 saturated carbocycles. The molecule has 4 nitrogen and oxygen atoms in total. The fourth-order valence-corrected chi connectivity index (χ4v) is 2.85. The third kappa shape index (κ3) is 4.43. The zero-order valence-electron chi connectivity index (χ0n) is 13.6. The zero-order valence-corrected chi connectivity index (χ0v) is 13.6. The second-order valence-electron chi connectivity index (χ2n) is 6.31. The first kappa shape index (κ1) is 16.3. The van der Waals surface area contributed by atoms with Gasteiger partial charge in [-0.1, -0.05) is 26.0 Å². The molecule has 2 atom stereocenters. The van der Waals surface area contributed by atoms with E-state index in [4.69, 9.17) is 4.74 Å². The number of aliphatic hydroxyl groups excluding tert-OH is 1. The van der Waals surface area contributed by atoms with E-state index in [0.717, 1.165) is 19.6 Å². The largest absolute Gasteiger partial charge is 0.394 e. The summed E-state index contributed by atoms with van der Waals surface area (Å²) in [5, 5.41) is 12.8. The normalized spacial score (nSPS) is 22.9. The highest BCUT2D eigenvalue weighted by Crippen LogP contribution is 2.25. The molecule has 0 bridgehead atoms. The minimum Gasteiger partial charge on any atom is -0.394 e. The van der Waals surface area contributed by atoms with Crippen LogP contribution in [0.2, 0.25) is 0 Å². The first-order chi connectivity index (χ1) is 9.99. The summed E-state index contributed by atoms with van der Waals surface area (Å²) in [5.74, 6) is 0. The molecule has 0 aliphatic carbocycles. The van der Waals surface area contributed by atoms with E-state index in [0.29, 0.717) is 6.04 Å². The van der Waals surface area contributed by atoms with Crippen LogP contribution in [0.3, 0.4) is 0 Å². The third-order valence-corrected chi connectivity index (χ3v) is 3.85. The average molecular weight is 292 g/mol. The summed E-state index contributed by atoms with van der Waals surface area (Å²) in [6, 6.07) is 7.12. The maximum absolute atomic E-state index is 9.35. The fraction of sp³-hybridized carbons (Fsp3) is 0.647. The second-order valence-corrected chi connectivity index (χ2v) is 6.31. The number of morpholine rings is 1. The highest BCUT2D eigenvalue weighted by molar-refractivity contribution is 5.55. The van der Waals surface area contributed by atoms with Crippen molar-refractivity contribution in [3.8, 4) is 0 Å². The molecule has 4 heteroatoms. The molecule has 1 aliphatic heterocycles. The number of anilines is 1. The SMILES string of the molecule is Cc1cc(CNC(C)C)ccc1N1CC(C)OC(CO)C1. The molecular weight excluding hydrogens is 264 g/mol. The van der Waals surface area contributed by atoms with Crippen LogP contribution < -0.4 is 10.2 Å². The van der Waals surface area contributed by atoms with E-state index < -0.39 is 0 Å². The van der Waals surface area contributed by atoms with Crippen molar-refractivity contribution in [2.24, 2.45) is 0 Å². The van der Waals surface area contributed by atoms with Crippen LogP contribution in [-0.4, -0.2) is 43.1 Å². The molecule has 1 fully saturated rings. The van der Waals surface area contributed by atoms with Crippen LogP contribution in [0.4, 0.5) is 5.69 Å². The quantitative estimate of drug-likeness (QED) is 0.872. The summed E-state index contributed by atoms with van der Waals surface area (Å²) in [6.45, 7) is 11.1. The highest BCUT2D eigenvalue weighted by Gasteiger charge is 2.25. The van der Waals surface area contributed by atoms with Gasteiger partial charge in [-0.05, 0) is 31.0 Å². The summed E-state index contributed by atoms with van der Waals surface area (Å²) in [5.41, 5.74) is 3.84. The Balaban J connectivity index is 2.09. The predicted octanol–water partition coefficient (Wildman–Crippen LogP) is 2.08. The van der Waals surface area contributed by atoms with E-state index in [9.17, 15) is 5.11 Å². The Bertz CT molecular complexity index is 462. The van der Waals surface area contributed by atoms with Crippen molar-refractivity contribution in [1.29, 1.82) is 0 Å². The Morgan fingerprint density at radius 2 is 2.14 bits per heavy atom. The van der Waals surface area contributed by atoms with Gasteiger partial charge in [0.2, 0.25) is 0 Å². The molecule has 2 N–H and O–H groups in total. The van der Waals surface area contributed by atoms with Crippen molar-refractivity contribution in [1.82, 2.24) is 5.32 Å². The predicted molar refractivity (Wildman–Crippen MR) is 86.8 cm³/mol. The number of hydrogen-bond acceptors (Lipinski definition) is 4. The molecule has 2 unspecified atom stereocenters. The standard InChI is InChI=1S/C17H28N2O2/c1-12(2)18-8-15-5-6-17(13(3)7-15)19-9-14(4)21-16(10-19)11-20/h5-7,12,14,16,18,20H,8-11H2,1-4H3. The third-order valence-electron chi connectivity index (χ3n) is 3.85. The lowest BCUT2D eigenvalue weighted by Gasteiger charge is -2.38. The average Bonchev–Trinajstić information content (AvgIpc) is 2.44. The number of nitrogens with zero attached hydrogens (tertiary/aromatic N) is 1. The Kier molecular flexibility index (Phi) is 5.62. The van der Waals surface area contributed by atoms with Crippen molar-refractivity contribution in [2.75, 3.05) is 24.6 Å². The van der Waals surface area contributed by atoms with Crippen LogP contribution in [0.1, 0.15) is 31.9 Å². The number of aliphatic hydroxyl groups is 1. The van der Waals surface area contributed by atoms with Gasteiger partial charge in [-0.2, -0.15) is 0 Å². The molecule has 21 heavy (non-hydrogen) atoms. The lowest BCUT2D eigenvalue weighted by Crippen LogP contribution is -2.48. The van der Waals surface area contributed by atoms with Crippen LogP contribution in [0.25, 0.3) is 0 Å². The minimum absolute atomic E-state index is 0.0796. The fourth-order valence-electron chi connectivity index (χ4n) is 2.85. The van der Waals surface area contributed by atoms with Gasteiger partial charge in [0, 0.05) is 31.4 Å². The lowest BCUT2D eigenvalue weighted by molar-refractivity contribution is -0.0421. The molecular formula is C17H28N2O2. The molecule has 1 aromatic carbocycles. The Morgan fingerprint density at radius 3 is 2.76 bits per heavy atom. The van der Waals surface area contributed by atoms with E-state index in [-0.39, 0.29) is 18.8 Å². The van der Waals surface area contributed by atoms with Gasteiger partial charge in [-0.15, -0.1) is 0 Å². The smallest absolute Gasteiger partial charge is 0.0984 e. The molecule has 0 radical (unpaired) electrons. The van der Waals surface area contributed by atoms with Crippen molar-refractivity contribution < 1.29 is 9.84 Å². The van der Waals surface area contributed by atoms with Crippen LogP contribution in [0.5, 0.6) is 0 Å². The molecule has 1 heterocycles. The van der Waals surface area contributed by atoms with E-state index in [2.05, 4.69) is 56.1 Å². The van der Waals surface area contributed by atoms with Gasteiger partial charge in [0.1, 0.15) is 0 Å². The molecule has 1 saturated heterocycles. The Labute approximate surface area is 128 Å². The molecule has 0 aromatic heterocycles. The molecule has 2 rings (SSSR count). The topological polar surface area (TPSA) is 44.7 Å². The number of ether oxygens (including phenoxy) is 1. The number of hydrogen-bond donors (Lipinski definition) is 2. The Morgan fingerprint density at radius 1 is 1.38 bits per heavy atom. The van der Waals surface area contributed by atoms with E-state index in [1.54, 1.807) is 0 Å². The van der Waals surface area contributed by atoms with Crippen molar-refractivity contribution in [2.45, 2.75) is 52.5 Å². The summed E-state index contributed by atoms with van der Waals surface area (Å²) < 4.78 is 5.71. The molecule has 1 aromatic rings. The first-order valence-electron chi connectivity index (χ1n) is 7.83. The van der Waals surface area contributed by atoms with Gasteiger partial charge >= 0.3 is 0 Å². The Hall–Kier alpha value is -1.10. The summed E-state index contributed by atoms with van der Waals surface area (Å²) in [7, 11) is 0. The van der Waals surface area contributed by atoms with Crippen molar-refractivity contribution >= 4 is 5.69 Å². The van der Waals surface area contributed by atoms with E-state index >= 15 is 0 Å². The lowest BCUT2D eigenvalue weighted by atomic mass is 10.1. The van der Waals surface area contributed by atoms with Gasteiger partial charge in [-0.25, -0.2) is 0 Å². The summed E-state index contributed by atoms with van der Waals surface area (Å²) in [6.07, 6.45) is 0.0630. The molecule has 118 valence electrons.